The minimum atomic E-state index is -0.0500. The van der Waals surface area contributed by atoms with Gasteiger partial charge < -0.3 is 5.32 Å². The average molecular weight is 331 g/mol. The molecule has 0 aliphatic heterocycles. The molecule has 0 aliphatic carbocycles. The van der Waals surface area contributed by atoms with Gasteiger partial charge in [-0.15, -0.1) is 11.3 Å². The van der Waals surface area contributed by atoms with Gasteiger partial charge in [0.2, 0.25) is 0 Å². The summed E-state index contributed by atoms with van der Waals surface area (Å²) >= 11 is 1.39. The van der Waals surface area contributed by atoms with E-state index in [1.165, 1.54) is 11.3 Å². The Bertz CT molecular complexity index is 1160. The van der Waals surface area contributed by atoms with Crippen LogP contribution < -0.4 is 10.9 Å². The Labute approximate surface area is 142 Å². The third-order valence-electron chi connectivity index (χ3n) is 3.95. The minimum Gasteiger partial charge on any atom is -0.314 e. The second-order valence-electron chi connectivity index (χ2n) is 5.48. The van der Waals surface area contributed by atoms with Crippen LogP contribution in [-0.2, 0) is 0 Å². The van der Waals surface area contributed by atoms with Gasteiger partial charge in [0.05, 0.1) is 5.69 Å². The van der Waals surface area contributed by atoms with Gasteiger partial charge in [-0.1, -0.05) is 24.1 Å². The monoisotopic (exact) mass is 331 g/mol. The van der Waals surface area contributed by atoms with Gasteiger partial charge in [-0.05, 0) is 31.2 Å². The number of terminal acetylenes is 1. The lowest BCUT2D eigenvalue weighted by Gasteiger charge is -2.06. The summed E-state index contributed by atoms with van der Waals surface area (Å²) in [5, 5.41) is 4.65. The van der Waals surface area contributed by atoms with Crippen molar-refractivity contribution in [2.45, 2.75) is 6.92 Å². The predicted octanol–water partition coefficient (Wildman–Crippen LogP) is 3.91. The lowest BCUT2D eigenvalue weighted by molar-refractivity contribution is 1.01. The zero-order chi connectivity index (χ0) is 16.7. The summed E-state index contributed by atoms with van der Waals surface area (Å²) < 4.78 is 2.33. The SMILES string of the molecule is C#CNc1ccnc2sc3c(=O)n(-c4ccc(C)cc4)ccc3c12. The molecule has 0 saturated heterocycles. The van der Waals surface area contributed by atoms with Crippen LogP contribution in [0.5, 0.6) is 0 Å². The van der Waals surface area contributed by atoms with Gasteiger partial charge >= 0.3 is 0 Å². The molecule has 0 saturated carbocycles. The maximum Gasteiger partial charge on any atom is 0.273 e. The molecule has 4 rings (SSSR count). The molecule has 116 valence electrons. The molecular weight excluding hydrogens is 318 g/mol. The number of aromatic nitrogens is 2. The number of pyridine rings is 2. The van der Waals surface area contributed by atoms with Crippen molar-refractivity contribution in [3.05, 3.63) is 64.7 Å². The van der Waals surface area contributed by atoms with E-state index >= 15 is 0 Å². The number of aryl methyl sites for hydroxylation is 1. The number of rotatable bonds is 2. The summed E-state index contributed by atoms with van der Waals surface area (Å²) in [5.74, 6) is 0. The van der Waals surface area contributed by atoms with Crippen molar-refractivity contribution in [2.75, 3.05) is 5.32 Å². The standard InChI is InChI=1S/C19H13N3OS/c1-3-20-15-8-10-21-18-16(15)14-9-11-22(19(23)17(14)24-18)13-6-4-12(2)5-7-13/h1,4-11H,2H3,(H,20,21). The molecule has 0 unspecified atom stereocenters. The van der Waals surface area contributed by atoms with Crippen LogP contribution in [0, 0.1) is 19.4 Å². The molecule has 0 bridgehead atoms. The van der Waals surface area contributed by atoms with Crippen molar-refractivity contribution >= 4 is 37.3 Å². The molecule has 0 atom stereocenters. The van der Waals surface area contributed by atoms with E-state index in [9.17, 15) is 4.79 Å². The van der Waals surface area contributed by atoms with Crippen molar-refractivity contribution in [2.24, 2.45) is 0 Å². The molecule has 1 N–H and O–H groups in total. The first-order chi connectivity index (χ1) is 11.7. The van der Waals surface area contributed by atoms with Gasteiger partial charge in [0.1, 0.15) is 9.53 Å². The van der Waals surface area contributed by atoms with Gasteiger partial charge in [0.15, 0.2) is 0 Å². The highest BCUT2D eigenvalue weighted by Gasteiger charge is 2.14. The normalized spacial score (nSPS) is 10.8. The summed E-state index contributed by atoms with van der Waals surface area (Å²) in [5.41, 5.74) is 2.75. The van der Waals surface area contributed by atoms with Crippen LogP contribution in [0.3, 0.4) is 0 Å². The summed E-state index contributed by atoms with van der Waals surface area (Å²) in [4.78, 5) is 18.1. The molecule has 0 fully saturated rings. The third kappa shape index (κ3) is 2.16. The molecule has 0 amide bonds. The number of benzene rings is 1. The first-order valence-electron chi connectivity index (χ1n) is 7.40. The number of thiophene rings is 1. The third-order valence-corrected chi connectivity index (χ3v) is 5.05. The Hall–Kier alpha value is -3.10. The molecule has 0 radical (unpaired) electrons. The molecule has 5 heteroatoms. The molecule has 0 aliphatic rings. The van der Waals surface area contributed by atoms with Crippen LogP contribution >= 0.6 is 11.3 Å². The van der Waals surface area contributed by atoms with E-state index in [4.69, 9.17) is 6.42 Å². The fourth-order valence-corrected chi connectivity index (χ4v) is 3.87. The van der Waals surface area contributed by atoms with E-state index in [2.05, 4.69) is 16.3 Å². The van der Waals surface area contributed by atoms with Crippen molar-refractivity contribution in [3.63, 3.8) is 0 Å². The van der Waals surface area contributed by atoms with Gasteiger partial charge in [-0.25, -0.2) is 4.98 Å². The molecule has 1 aromatic carbocycles. The van der Waals surface area contributed by atoms with Crippen molar-refractivity contribution in [3.8, 4) is 18.2 Å². The molecule has 3 aromatic heterocycles. The number of anilines is 1. The van der Waals surface area contributed by atoms with Gasteiger partial charge in [0.25, 0.3) is 5.56 Å². The highest BCUT2D eigenvalue weighted by molar-refractivity contribution is 7.25. The van der Waals surface area contributed by atoms with E-state index in [0.717, 1.165) is 32.5 Å². The second kappa shape index (κ2) is 5.52. The smallest absolute Gasteiger partial charge is 0.273 e. The zero-order valence-corrected chi connectivity index (χ0v) is 13.7. The van der Waals surface area contributed by atoms with E-state index in [1.54, 1.807) is 17.0 Å². The number of hydrogen-bond donors (Lipinski definition) is 1. The Morgan fingerprint density at radius 1 is 1.21 bits per heavy atom. The quantitative estimate of drug-likeness (QED) is 0.447. The highest BCUT2D eigenvalue weighted by atomic mass is 32.1. The maximum absolute atomic E-state index is 12.9. The summed E-state index contributed by atoms with van der Waals surface area (Å²) in [7, 11) is 0. The van der Waals surface area contributed by atoms with Crippen LogP contribution in [-0.4, -0.2) is 9.55 Å². The zero-order valence-electron chi connectivity index (χ0n) is 12.9. The van der Waals surface area contributed by atoms with Crippen LogP contribution in [0.15, 0.2) is 53.6 Å². The Balaban J connectivity index is 2.02. The second-order valence-corrected chi connectivity index (χ2v) is 6.48. The average Bonchev–Trinajstić information content (AvgIpc) is 2.97. The van der Waals surface area contributed by atoms with Crippen molar-refractivity contribution in [1.29, 1.82) is 0 Å². The van der Waals surface area contributed by atoms with Crippen LogP contribution in [0.2, 0.25) is 0 Å². The fraction of sp³-hybridized carbons (Fsp3) is 0.0526. The number of nitrogens with zero attached hydrogens (tertiary/aromatic N) is 2. The molecular formula is C19H13N3OS. The van der Waals surface area contributed by atoms with E-state index in [-0.39, 0.29) is 5.56 Å². The highest BCUT2D eigenvalue weighted by Crippen LogP contribution is 2.35. The molecule has 3 heterocycles. The fourth-order valence-electron chi connectivity index (χ4n) is 2.78. The van der Waals surface area contributed by atoms with Gasteiger partial charge in [-0.3, -0.25) is 9.36 Å². The van der Waals surface area contributed by atoms with Gasteiger partial charge in [-0.2, -0.15) is 0 Å². The van der Waals surface area contributed by atoms with Gasteiger partial charge in [0, 0.05) is 34.9 Å². The lowest BCUT2D eigenvalue weighted by atomic mass is 10.2. The van der Waals surface area contributed by atoms with E-state index in [1.807, 2.05) is 43.3 Å². The van der Waals surface area contributed by atoms with E-state index < -0.39 is 0 Å². The van der Waals surface area contributed by atoms with Crippen molar-refractivity contribution < 1.29 is 0 Å². The predicted molar refractivity (Wildman–Crippen MR) is 99.9 cm³/mol. The Kier molecular flexibility index (Phi) is 3.33. The number of nitrogens with one attached hydrogen (secondary N) is 1. The van der Waals surface area contributed by atoms with Crippen molar-refractivity contribution in [1.82, 2.24) is 9.55 Å². The lowest BCUT2D eigenvalue weighted by Crippen LogP contribution is -2.16. The summed E-state index contributed by atoms with van der Waals surface area (Å²) in [6, 6.07) is 14.1. The van der Waals surface area contributed by atoms with E-state index in [0.29, 0.717) is 4.70 Å². The van der Waals surface area contributed by atoms with Crippen LogP contribution in [0.4, 0.5) is 5.69 Å². The minimum absolute atomic E-state index is 0.0500. The van der Waals surface area contributed by atoms with Crippen LogP contribution in [0.25, 0.3) is 26.0 Å². The number of fused-ring (bicyclic) bond motifs is 3. The molecule has 4 aromatic rings. The first-order valence-corrected chi connectivity index (χ1v) is 8.22. The first kappa shape index (κ1) is 14.5. The molecule has 24 heavy (non-hydrogen) atoms. The van der Waals surface area contributed by atoms with Crippen LogP contribution in [0.1, 0.15) is 5.56 Å². The largest absolute Gasteiger partial charge is 0.314 e. The topological polar surface area (TPSA) is 46.9 Å². The Morgan fingerprint density at radius 2 is 2.00 bits per heavy atom. The summed E-state index contributed by atoms with van der Waals surface area (Å²) in [6.07, 6.45) is 8.85. The Morgan fingerprint density at radius 3 is 2.75 bits per heavy atom. The molecule has 4 nitrogen and oxygen atoms in total. The molecule has 0 spiro atoms. The maximum atomic E-state index is 12.9. The summed E-state index contributed by atoms with van der Waals surface area (Å²) in [6.45, 7) is 2.02. The number of hydrogen-bond acceptors (Lipinski definition) is 4.